The number of anilines is 1. The fraction of sp³-hybridized carbons (Fsp3) is 0.308. The minimum atomic E-state index is -0.892. The van der Waals surface area contributed by atoms with Crippen molar-refractivity contribution in [3.05, 3.63) is 27.6 Å². The van der Waals surface area contributed by atoms with Crippen molar-refractivity contribution in [2.24, 2.45) is 11.8 Å². The topological polar surface area (TPSA) is 66.5 Å². The van der Waals surface area contributed by atoms with Crippen LogP contribution < -0.4 is 10.2 Å². The van der Waals surface area contributed by atoms with Crippen LogP contribution in [0.2, 0.25) is 0 Å². The van der Waals surface area contributed by atoms with Crippen LogP contribution in [-0.2, 0) is 9.59 Å². The molecule has 5 nitrogen and oxygen atoms in total. The Morgan fingerprint density at radius 3 is 2.55 bits per heavy atom. The fourth-order valence-corrected chi connectivity index (χ4v) is 2.78. The molecule has 104 valence electrons. The van der Waals surface area contributed by atoms with Gasteiger partial charge in [-0.05, 0) is 59.5 Å². The van der Waals surface area contributed by atoms with Crippen LogP contribution in [0.25, 0.3) is 0 Å². The lowest BCUT2D eigenvalue weighted by atomic mass is 9.98. The van der Waals surface area contributed by atoms with E-state index in [2.05, 4.69) is 5.32 Å². The highest BCUT2D eigenvalue weighted by Crippen LogP contribution is 2.40. The molecular formula is C13H10FIN2O3. The zero-order valence-electron chi connectivity index (χ0n) is 10.2. The van der Waals surface area contributed by atoms with Gasteiger partial charge in [0.15, 0.2) is 0 Å². The van der Waals surface area contributed by atoms with Gasteiger partial charge in [0, 0.05) is 3.57 Å². The van der Waals surface area contributed by atoms with Crippen LogP contribution in [0, 0.1) is 21.2 Å². The molecule has 7 heteroatoms. The van der Waals surface area contributed by atoms with Gasteiger partial charge >= 0.3 is 6.03 Å². The van der Waals surface area contributed by atoms with Crippen LogP contribution in [0.1, 0.15) is 12.8 Å². The van der Waals surface area contributed by atoms with Gasteiger partial charge in [0.25, 0.3) is 0 Å². The zero-order valence-corrected chi connectivity index (χ0v) is 12.4. The van der Waals surface area contributed by atoms with Gasteiger partial charge in [0.1, 0.15) is 11.7 Å². The monoisotopic (exact) mass is 388 g/mol. The van der Waals surface area contributed by atoms with E-state index in [-0.39, 0.29) is 11.6 Å². The van der Waals surface area contributed by atoms with Gasteiger partial charge in [0.2, 0.25) is 11.8 Å². The predicted molar refractivity (Wildman–Crippen MR) is 76.4 cm³/mol. The molecule has 1 aliphatic carbocycles. The van der Waals surface area contributed by atoms with Crippen molar-refractivity contribution < 1.29 is 18.8 Å². The van der Waals surface area contributed by atoms with Gasteiger partial charge in [-0.1, -0.05) is 0 Å². The van der Waals surface area contributed by atoms with E-state index in [0.29, 0.717) is 3.57 Å². The molecule has 1 unspecified atom stereocenters. The van der Waals surface area contributed by atoms with Crippen LogP contribution >= 0.6 is 22.6 Å². The molecule has 2 fully saturated rings. The lowest BCUT2D eigenvalue weighted by Gasteiger charge is -2.30. The van der Waals surface area contributed by atoms with E-state index in [0.717, 1.165) is 17.7 Å². The summed E-state index contributed by atoms with van der Waals surface area (Å²) in [4.78, 5) is 36.7. The number of amides is 4. The highest BCUT2D eigenvalue weighted by Gasteiger charge is 2.49. The van der Waals surface area contributed by atoms with Gasteiger partial charge < -0.3 is 0 Å². The number of rotatable bonds is 2. The van der Waals surface area contributed by atoms with E-state index in [4.69, 9.17) is 0 Å². The molecule has 1 heterocycles. The third-order valence-electron chi connectivity index (χ3n) is 3.45. The Bertz CT molecular complexity index is 630. The molecule has 2 aliphatic rings. The summed E-state index contributed by atoms with van der Waals surface area (Å²) in [5.74, 6) is -2.80. The number of carbonyl (C=O) groups is 3. The number of carbonyl (C=O) groups excluding carboxylic acids is 3. The number of urea groups is 1. The van der Waals surface area contributed by atoms with Crippen molar-refractivity contribution in [3.8, 4) is 0 Å². The molecule has 3 rings (SSSR count). The van der Waals surface area contributed by atoms with Gasteiger partial charge in [-0.25, -0.2) is 14.1 Å². The molecule has 0 spiro atoms. The van der Waals surface area contributed by atoms with Gasteiger partial charge in [-0.15, -0.1) is 0 Å². The van der Waals surface area contributed by atoms with Crippen molar-refractivity contribution in [2.45, 2.75) is 12.8 Å². The summed E-state index contributed by atoms with van der Waals surface area (Å²) in [7, 11) is 0. The molecule has 1 atom stereocenters. The van der Waals surface area contributed by atoms with E-state index in [1.54, 1.807) is 6.07 Å². The van der Waals surface area contributed by atoms with Gasteiger partial charge in [-0.3, -0.25) is 14.9 Å². The Hall–Kier alpha value is -1.51. The lowest BCUT2D eigenvalue weighted by molar-refractivity contribution is -0.135. The Morgan fingerprint density at radius 2 is 1.95 bits per heavy atom. The fourth-order valence-electron chi connectivity index (χ4n) is 2.33. The molecule has 20 heavy (non-hydrogen) atoms. The van der Waals surface area contributed by atoms with Crippen molar-refractivity contribution in [1.82, 2.24) is 5.32 Å². The Kier molecular flexibility index (Phi) is 3.23. The highest BCUT2D eigenvalue weighted by atomic mass is 127. The minimum absolute atomic E-state index is 0.0370. The third kappa shape index (κ3) is 2.19. The summed E-state index contributed by atoms with van der Waals surface area (Å²) >= 11 is 1.93. The SMILES string of the molecule is O=C1NC(=O)N(c2ccc(I)cc2F)C(=O)C1C1CC1. The van der Waals surface area contributed by atoms with Gasteiger partial charge in [-0.2, -0.15) is 0 Å². The number of barbiturate groups is 1. The Morgan fingerprint density at radius 1 is 1.25 bits per heavy atom. The molecule has 1 saturated heterocycles. The molecule has 1 saturated carbocycles. The summed E-state index contributed by atoms with van der Waals surface area (Å²) in [6, 6.07) is 3.31. The first-order valence-electron chi connectivity index (χ1n) is 6.13. The molecule has 1 N–H and O–H groups in total. The molecule has 1 aliphatic heterocycles. The molecule has 1 aromatic rings. The largest absolute Gasteiger partial charge is 0.335 e. The molecule has 1 aromatic carbocycles. The number of nitrogens with zero attached hydrogens (tertiary/aromatic N) is 1. The summed E-state index contributed by atoms with van der Waals surface area (Å²) in [6.07, 6.45) is 1.56. The molecule has 0 bridgehead atoms. The van der Waals surface area contributed by atoms with Crippen LogP contribution in [0.3, 0.4) is 0 Å². The highest BCUT2D eigenvalue weighted by molar-refractivity contribution is 14.1. The number of imide groups is 2. The minimum Gasteiger partial charge on any atom is -0.277 e. The molecule has 4 amide bonds. The number of hydrogen-bond donors (Lipinski definition) is 1. The third-order valence-corrected chi connectivity index (χ3v) is 4.12. The average molecular weight is 388 g/mol. The predicted octanol–water partition coefficient (Wildman–Crippen LogP) is 2.04. The smallest absolute Gasteiger partial charge is 0.277 e. The van der Waals surface area contributed by atoms with Crippen molar-refractivity contribution in [1.29, 1.82) is 0 Å². The van der Waals surface area contributed by atoms with Crippen LogP contribution in [0.5, 0.6) is 0 Å². The maximum atomic E-state index is 14.0. The second kappa shape index (κ2) is 4.80. The summed E-state index contributed by atoms with van der Waals surface area (Å²) in [5, 5.41) is 2.13. The Balaban J connectivity index is 2.00. The normalized spacial score (nSPS) is 23.0. The first-order chi connectivity index (χ1) is 9.49. The van der Waals surface area contributed by atoms with Crippen molar-refractivity contribution in [2.75, 3.05) is 4.90 Å². The molecule has 0 radical (unpaired) electrons. The van der Waals surface area contributed by atoms with E-state index in [9.17, 15) is 18.8 Å². The summed E-state index contributed by atoms with van der Waals surface area (Å²) in [5.41, 5.74) is -0.119. The summed E-state index contributed by atoms with van der Waals surface area (Å²) < 4.78 is 14.6. The van der Waals surface area contributed by atoms with E-state index < -0.39 is 29.6 Å². The maximum absolute atomic E-state index is 14.0. The average Bonchev–Trinajstić information content (AvgIpc) is 3.15. The van der Waals surface area contributed by atoms with Gasteiger partial charge in [0.05, 0.1) is 5.69 Å². The standard InChI is InChI=1S/C13H10FIN2O3/c14-8-5-7(15)3-4-9(8)17-12(19)10(6-1-2-6)11(18)16-13(17)20/h3-6,10H,1-2H2,(H,16,18,20). The first-order valence-corrected chi connectivity index (χ1v) is 7.21. The number of halogens is 2. The Labute approximate surface area is 127 Å². The molecule has 0 aromatic heterocycles. The first kappa shape index (κ1) is 13.5. The maximum Gasteiger partial charge on any atom is 0.335 e. The van der Waals surface area contributed by atoms with Crippen LogP contribution in [0.4, 0.5) is 14.9 Å². The van der Waals surface area contributed by atoms with Crippen LogP contribution in [0.15, 0.2) is 18.2 Å². The number of nitrogens with one attached hydrogen (secondary N) is 1. The summed E-state index contributed by atoms with van der Waals surface area (Å²) in [6.45, 7) is 0. The quantitative estimate of drug-likeness (QED) is 0.623. The zero-order chi connectivity index (χ0) is 14.4. The van der Waals surface area contributed by atoms with E-state index >= 15 is 0 Å². The van der Waals surface area contributed by atoms with Crippen molar-refractivity contribution in [3.63, 3.8) is 0 Å². The second-order valence-electron chi connectivity index (χ2n) is 4.88. The van der Waals surface area contributed by atoms with E-state index in [1.807, 2.05) is 22.6 Å². The number of benzene rings is 1. The lowest BCUT2D eigenvalue weighted by Crippen LogP contribution is -2.59. The van der Waals surface area contributed by atoms with Crippen molar-refractivity contribution >= 4 is 46.1 Å². The molecular weight excluding hydrogens is 378 g/mol. The van der Waals surface area contributed by atoms with Crippen LogP contribution in [-0.4, -0.2) is 17.8 Å². The second-order valence-corrected chi connectivity index (χ2v) is 6.12. The number of hydrogen-bond acceptors (Lipinski definition) is 3. The van der Waals surface area contributed by atoms with E-state index in [1.165, 1.54) is 12.1 Å².